The molecule has 0 radical (unpaired) electrons. The third kappa shape index (κ3) is 5.63. The number of nitrogens with zero attached hydrogens (tertiary/aromatic N) is 4. The number of ether oxygens (including phenoxy) is 2. The SMILES string of the molecule is COc1cc(OC2CCC(NC(=O)c3ccc(N4CCC(C=O)CC4)nn3)CC2)ccc1C#N. The molecule has 1 aliphatic heterocycles. The predicted molar refractivity (Wildman–Crippen MR) is 125 cm³/mol. The van der Waals surface area contributed by atoms with Gasteiger partial charge in [-0.25, -0.2) is 0 Å². The van der Waals surface area contributed by atoms with Crippen LogP contribution in [0.3, 0.4) is 0 Å². The van der Waals surface area contributed by atoms with E-state index in [0.717, 1.165) is 63.7 Å². The van der Waals surface area contributed by atoms with Gasteiger partial charge in [0.05, 0.1) is 18.8 Å². The van der Waals surface area contributed by atoms with E-state index in [4.69, 9.17) is 14.7 Å². The van der Waals surface area contributed by atoms with Crippen molar-refractivity contribution in [3.63, 3.8) is 0 Å². The number of methoxy groups -OCH3 is 1. The van der Waals surface area contributed by atoms with E-state index in [0.29, 0.717) is 22.8 Å². The standard InChI is InChI=1S/C25H29N5O4/c1-33-23-14-21(5-2-18(23)15-26)34-20-6-3-19(4-7-20)27-25(32)22-8-9-24(29-28-22)30-12-10-17(16-31)11-13-30/h2,5,8-9,14,16-17,19-20H,3-4,6-7,10-13H2,1H3,(H,27,32). The number of hydrogen-bond donors (Lipinski definition) is 1. The predicted octanol–water partition coefficient (Wildman–Crippen LogP) is 2.89. The molecular formula is C25H29N5O4. The van der Waals surface area contributed by atoms with Crippen LogP contribution in [0.5, 0.6) is 11.5 Å². The molecule has 9 heteroatoms. The van der Waals surface area contributed by atoms with Crippen LogP contribution in [-0.2, 0) is 4.79 Å². The Labute approximate surface area is 199 Å². The molecule has 2 heterocycles. The molecule has 0 unspecified atom stereocenters. The topological polar surface area (TPSA) is 117 Å². The fraction of sp³-hybridized carbons (Fsp3) is 0.480. The Morgan fingerprint density at radius 3 is 2.50 bits per heavy atom. The van der Waals surface area contributed by atoms with E-state index < -0.39 is 0 Å². The van der Waals surface area contributed by atoms with Crippen LogP contribution in [0.4, 0.5) is 5.82 Å². The van der Waals surface area contributed by atoms with Gasteiger partial charge in [-0.15, -0.1) is 10.2 Å². The molecule has 34 heavy (non-hydrogen) atoms. The lowest BCUT2D eigenvalue weighted by atomic mass is 9.92. The normalized spacial score (nSPS) is 20.8. The molecule has 0 bridgehead atoms. The zero-order valence-corrected chi connectivity index (χ0v) is 19.3. The van der Waals surface area contributed by atoms with Gasteiger partial charge in [-0.05, 0) is 62.8 Å². The van der Waals surface area contributed by atoms with Crippen LogP contribution in [0.25, 0.3) is 0 Å². The molecule has 2 fully saturated rings. The van der Waals surface area contributed by atoms with Gasteiger partial charge in [0.15, 0.2) is 11.5 Å². The molecular weight excluding hydrogens is 434 g/mol. The zero-order valence-electron chi connectivity index (χ0n) is 19.3. The van der Waals surface area contributed by atoms with Crippen molar-refractivity contribution in [2.75, 3.05) is 25.1 Å². The van der Waals surface area contributed by atoms with Crippen LogP contribution in [-0.4, -0.2) is 54.7 Å². The first kappa shape index (κ1) is 23.5. The fourth-order valence-electron chi connectivity index (χ4n) is 4.49. The fourth-order valence-corrected chi connectivity index (χ4v) is 4.49. The van der Waals surface area contributed by atoms with Gasteiger partial charge in [-0.3, -0.25) is 4.79 Å². The van der Waals surface area contributed by atoms with Gasteiger partial charge in [-0.2, -0.15) is 5.26 Å². The number of nitriles is 1. The first-order valence-electron chi connectivity index (χ1n) is 11.7. The average Bonchev–Trinajstić information content (AvgIpc) is 2.90. The first-order chi connectivity index (χ1) is 16.6. The first-order valence-corrected chi connectivity index (χ1v) is 11.7. The van der Waals surface area contributed by atoms with Gasteiger partial charge in [0.2, 0.25) is 0 Å². The highest BCUT2D eigenvalue weighted by molar-refractivity contribution is 5.92. The minimum absolute atomic E-state index is 0.0493. The summed E-state index contributed by atoms with van der Waals surface area (Å²) in [6, 6.07) is 10.9. The number of nitrogens with one attached hydrogen (secondary N) is 1. The minimum Gasteiger partial charge on any atom is -0.495 e. The summed E-state index contributed by atoms with van der Waals surface area (Å²) < 4.78 is 11.3. The van der Waals surface area contributed by atoms with Crippen LogP contribution in [0.2, 0.25) is 0 Å². The molecule has 1 aromatic heterocycles. The van der Waals surface area contributed by atoms with Gasteiger partial charge in [0.1, 0.15) is 23.9 Å². The lowest BCUT2D eigenvalue weighted by Gasteiger charge is -2.30. The molecule has 1 aromatic carbocycles. The summed E-state index contributed by atoms with van der Waals surface area (Å²) in [6.07, 6.45) is 5.95. The van der Waals surface area contributed by atoms with Crippen LogP contribution in [0.1, 0.15) is 54.6 Å². The third-order valence-corrected chi connectivity index (χ3v) is 6.54. The van der Waals surface area contributed by atoms with Gasteiger partial charge >= 0.3 is 0 Å². The second-order valence-electron chi connectivity index (χ2n) is 8.78. The Bertz CT molecular complexity index is 1040. The van der Waals surface area contributed by atoms with Crippen molar-refractivity contribution in [3.05, 3.63) is 41.6 Å². The summed E-state index contributed by atoms with van der Waals surface area (Å²) in [5.74, 6) is 1.81. The lowest BCUT2D eigenvalue weighted by Crippen LogP contribution is -2.40. The number of benzene rings is 1. The van der Waals surface area contributed by atoms with Crippen molar-refractivity contribution in [2.45, 2.75) is 50.7 Å². The number of aromatic nitrogens is 2. The molecule has 9 nitrogen and oxygen atoms in total. The Balaban J connectivity index is 1.24. The molecule has 1 amide bonds. The zero-order chi connectivity index (χ0) is 23.9. The highest BCUT2D eigenvalue weighted by Gasteiger charge is 2.25. The number of amides is 1. The number of piperidine rings is 1. The van der Waals surface area contributed by atoms with Crippen molar-refractivity contribution in [2.24, 2.45) is 5.92 Å². The van der Waals surface area contributed by atoms with E-state index in [1.54, 1.807) is 24.3 Å². The number of rotatable bonds is 7. The second-order valence-corrected chi connectivity index (χ2v) is 8.78. The maximum atomic E-state index is 12.6. The molecule has 1 saturated heterocycles. The van der Waals surface area contributed by atoms with Crippen molar-refractivity contribution >= 4 is 18.0 Å². The molecule has 0 atom stereocenters. The van der Waals surface area contributed by atoms with Crippen LogP contribution in [0.15, 0.2) is 30.3 Å². The molecule has 0 spiro atoms. The summed E-state index contributed by atoms with van der Waals surface area (Å²) in [5.41, 5.74) is 0.773. The summed E-state index contributed by atoms with van der Waals surface area (Å²) in [4.78, 5) is 25.7. The Morgan fingerprint density at radius 1 is 1.12 bits per heavy atom. The number of carbonyl (C=O) groups is 2. The molecule has 1 saturated carbocycles. The maximum absolute atomic E-state index is 12.6. The number of carbonyl (C=O) groups excluding carboxylic acids is 2. The van der Waals surface area contributed by atoms with Crippen LogP contribution < -0.4 is 19.7 Å². The molecule has 178 valence electrons. The highest BCUT2D eigenvalue weighted by Crippen LogP contribution is 2.28. The van der Waals surface area contributed by atoms with Gasteiger partial charge in [0, 0.05) is 31.1 Å². The maximum Gasteiger partial charge on any atom is 0.272 e. The highest BCUT2D eigenvalue weighted by atomic mass is 16.5. The number of anilines is 1. The minimum atomic E-state index is -0.222. The Morgan fingerprint density at radius 2 is 1.88 bits per heavy atom. The van der Waals surface area contributed by atoms with Gasteiger partial charge < -0.3 is 24.5 Å². The van der Waals surface area contributed by atoms with Crippen LogP contribution in [0, 0.1) is 17.2 Å². The Hall–Kier alpha value is -3.67. The van der Waals surface area contributed by atoms with Gasteiger partial charge in [0.25, 0.3) is 5.91 Å². The Kier molecular flexibility index (Phi) is 7.58. The summed E-state index contributed by atoms with van der Waals surface area (Å²) in [7, 11) is 1.53. The smallest absolute Gasteiger partial charge is 0.272 e. The van der Waals surface area contributed by atoms with E-state index in [1.807, 2.05) is 6.07 Å². The van der Waals surface area contributed by atoms with E-state index in [9.17, 15) is 9.59 Å². The van der Waals surface area contributed by atoms with Crippen molar-refractivity contribution in [1.29, 1.82) is 5.26 Å². The molecule has 1 N–H and O–H groups in total. The van der Waals surface area contributed by atoms with E-state index >= 15 is 0 Å². The van der Waals surface area contributed by atoms with E-state index in [-0.39, 0.29) is 24.0 Å². The number of hydrogen-bond acceptors (Lipinski definition) is 8. The average molecular weight is 464 g/mol. The lowest BCUT2D eigenvalue weighted by molar-refractivity contribution is -0.111. The molecule has 2 aromatic rings. The largest absolute Gasteiger partial charge is 0.495 e. The summed E-state index contributed by atoms with van der Waals surface area (Å²) in [5, 5.41) is 20.5. The van der Waals surface area contributed by atoms with Gasteiger partial charge in [-0.1, -0.05) is 0 Å². The summed E-state index contributed by atoms with van der Waals surface area (Å²) in [6.45, 7) is 1.54. The molecule has 4 rings (SSSR count). The second kappa shape index (κ2) is 11.0. The summed E-state index contributed by atoms with van der Waals surface area (Å²) >= 11 is 0. The van der Waals surface area contributed by atoms with E-state index in [1.165, 1.54) is 7.11 Å². The third-order valence-electron chi connectivity index (χ3n) is 6.54. The molecule has 1 aliphatic carbocycles. The van der Waals surface area contributed by atoms with Crippen molar-refractivity contribution < 1.29 is 19.1 Å². The monoisotopic (exact) mass is 463 g/mol. The van der Waals surface area contributed by atoms with Crippen LogP contribution >= 0.6 is 0 Å². The quantitative estimate of drug-likeness (QED) is 0.623. The van der Waals surface area contributed by atoms with Crippen molar-refractivity contribution in [1.82, 2.24) is 15.5 Å². The number of aldehydes is 1. The molecule has 2 aliphatic rings. The van der Waals surface area contributed by atoms with Crippen molar-refractivity contribution in [3.8, 4) is 17.6 Å². The van der Waals surface area contributed by atoms with E-state index in [2.05, 4.69) is 26.5 Å².